The average Bonchev–Trinajstić information content (AvgIpc) is 2.25. The Morgan fingerprint density at radius 3 is 1.44 bits per heavy atom. The summed E-state index contributed by atoms with van der Waals surface area (Å²) in [6.45, 7) is 0. The van der Waals surface area contributed by atoms with Gasteiger partial charge in [0.1, 0.15) is 9.21 Å². The van der Waals surface area contributed by atoms with Crippen LogP contribution in [0.25, 0.3) is 11.1 Å². The number of hydrogen-bond donors (Lipinski definition) is 0. The average molecular weight is 472 g/mol. The number of halogens is 4. The Morgan fingerprint density at radius 1 is 0.688 bits per heavy atom. The Morgan fingerprint density at radius 2 is 1.06 bits per heavy atom. The second-order valence-electron chi connectivity index (χ2n) is 2.97. The van der Waals surface area contributed by atoms with Crippen LogP contribution in [0.5, 0.6) is 0 Å². The molecule has 0 spiro atoms. The van der Waals surface area contributed by atoms with Crippen molar-refractivity contribution in [2.75, 3.05) is 0 Å². The monoisotopic (exact) mass is 468 g/mol. The molecule has 0 aromatic carbocycles. The standard InChI is InChI=1S/C10H4Br4N2/c11-7-3-15-9(13)1-5(7)6-2-10(14)16-4-8(6)12/h1-4H. The number of pyridine rings is 2. The largest absolute Gasteiger partial charge is 0.248 e. The second kappa shape index (κ2) is 5.25. The zero-order valence-electron chi connectivity index (χ0n) is 7.72. The van der Waals surface area contributed by atoms with Crippen molar-refractivity contribution >= 4 is 63.7 Å². The van der Waals surface area contributed by atoms with Gasteiger partial charge in [-0.3, -0.25) is 0 Å². The first-order chi connectivity index (χ1) is 7.58. The van der Waals surface area contributed by atoms with Gasteiger partial charge in [0, 0.05) is 32.5 Å². The summed E-state index contributed by atoms with van der Waals surface area (Å²) in [7, 11) is 0. The van der Waals surface area contributed by atoms with Gasteiger partial charge in [-0.25, -0.2) is 9.97 Å². The molecule has 0 unspecified atom stereocenters. The molecule has 0 radical (unpaired) electrons. The molecular formula is C10H4Br4N2. The minimum Gasteiger partial charge on any atom is -0.248 e. The van der Waals surface area contributed by atoms with Crippen molar-refractivity contribution in [3.8, 4) is 11.1 Å². The van der Waals surface area contributed by atoms with Crippen molar-refractivity contribution < 1.29 is 0 Å². The van der Waals surface area contributed by atoms with Gasteiger partial charge >= 0.3 is 0 Å². The van der Waals surface area contributed by atoms with E-state index < -0.39 is 0 Å². The minimum atomic E-state index is 0.797. The first-order valence-electron chi connectivity index (χ1n) is 4.20. The normalized spacial score (nSPS) is 10.5. The third-order valence-corrected chi connectivity index (χ3v) is 4.07. The SMILES string of the molecule is Brc1cc(-c2cc(Br)ncc2Br)c(Br)cn1. The first-order valence-corrected chi connectivity index (χ1v) is 7.37. The second-order valence-corrected chi connectivity index (χ2v) is 6.31. The number of hydrogen-bond acceptors (Lipinski definition) is 2. The van der Waals surface area contributed by atoms with Gasteiger partial charge in [-0.05, 0) is 75.9 Å². The van der Waals surface area contributed by atoms with Crippen molar-refractivity contribution in [2.45, 2.75) is 0 Å². The molecule has 0 aliphatic carbocycles. The van der Waals surface area contributed by atoms with Gasteiger partial charge in [0.25, 0.3) is 0 Å². The van der Waals surface area contributed by atoms with Gasteiger partial charge in [-0.15, -0.1) is 0 Å². The van der Waals surface area contributed by atoms with Crippen LogP contribution in [0.2, 0.25) is 0 Å². The Balaban J connectivity index is 2.66. The van der Waals surface area contributed by atoms with E-state index in [1.54, 1.807) is 12.4 Å². The van der Waals surface area contributed by atoms with E-state index in [2.05, 4.69) is 73.7 Å². The summed E-state index contributed by atoms with van der Waals surface area (Å²) in [5.74, 6) is 0. The van der Waals surface area contributed by atoms with Crippen LogP contribution < -0.4 is 0 Å². The highest BCUT2D eigenvalue weighted by Gasteiger charge is 2.09. The molecule has 16 heavy (non-hydrogen) atoms. The summed E-state index contributed by atoms with van der Waals surface area (Å²) >= 11 is 13.7. The van der Waals surface area contributed by atoms with Crippen molar-refractivity contribution in [3.63, 3.8) is 0 Å². The zero-order valence-corrected chi connectivity index (χ0v) is 14.1. The molecular weight excluding hydrogens is 468 g/mol. The first kappa shape index (κ1) is 12.7. The lowest BCUT2D eigenvalue weighted by Gasteiger charge is -2.07. The lowest BCUT2D eigenvalue weighted by molar-refractivity contribution is 1.24. The predicted molar refractivity (Wildman–Crippen MR) is 78.3 cm³/mol. The maximum atomic E-state index is 4.14. The summed E-state index contributed by atoms with van der Waals surface area (Å²) < 4.78 is 3.47. The molecule has 0 bridgehead atoms. The molecule has 6 heteroatoms. The van der Waals surface area contributed by atoms with Crippen LogP contribution in [0.3, 0.4) is 0 Å². The lowest BCUT2D eigenvalue weighted by atomic mass is 10.1. The van der Waals surface area contributed by atoms with E-state index in [-0.39, 0.29) is 0 Å². The highest BCUT2D eigenvalue weighted by atomic mass is 79.9. The maximum absolute atomic E-state index is 4.14. The van der Waals surface area contributed by atoms with Crippen molar-refractivity contribution in [2.24, 2.45) is 0 Å². The Hall–Kier alpha value is 0.220. The molecule has 0 atom stereocenters. The molecule has 82 valence electrons. The molecule has 0 aliphatic rings. The molecule has 0 N–H and O–H groups in total. The van der Waals surface area contributed by atoms with Crippen molar-refractivity contribution in [1.82, 2.24) is 9.97 Å². The minimum absolute atomic E-state index is 0.797. The quantitative estimate of drug-likeness (QED) is 0.535. The topological polar surface area (TPSA) is 25.8 Å². The molecule has 2 aromatic rings. The molecule has 0 saturated heterocycles. The van der Waals surface area contributed by atoms with E-state index in [9.17, 15) is 0 Å². The van der Waals surface area contributed by atoms with Crippen molar-refractivity contribution in [3.05, 3.63) is 42.7 Å². The third kappa shape index (κ3) is 2.72. The molecule has 2 aromatic heterocycles. The van der Waals surface area contributed by atoms with Crippen LogP contribution in [-0.4, -0.2) is 9.97 Å². The number of aromatic nitrogens is 2. The van der Waals surface area contributed by atoms with Gasteiger partial charge in [-0.2, -0.15) is 0 Å². The Bertz CT molecular complexity index is 493. The molecule has 0 amide bonds. The highest BCUT2D eigenvalue weighted by Crippen LogP contribution is 2.35. The molecule has 2 rings (SSSR count). The van der Waals surface area contributed by atoms with Crippen LogP contribution in [0.4, 0.5) is 0 Å². The van der Waals surface area contributed by atoms with Gasteiger partial charge in [0.15, 0.2) is 0 Å². The zero-order chi connectivity index (χ0) is 11.7. The lowest BCUT2D eigenvalue weighted by Crippen LogP contribution is -1.86. The van der Waals surface area contributed by atoms with E-state index in [0.29, 0.717) is 0 Å². The fourth-order valence-corrected chi connectivity index (χ4v) is 2.76. The summed E-state index contributed by atoms with van der Waals surface area (Å²) in [6.07, 6.45) is 3.53. The summed E-state index contributed by atoms with van der Waals surface area (Å²) in [4.78, 5) is 8.29. The van der Waals surface area contributed by atoms with E-state index in [4.69, 9.17) is 0 Å². The van der Waals surface area contributed by atoms with Crippen LogP contribution >= 0.6 is 63.7 Å². The van der Waals surface area contributed by atoms with Crippen LogP contribution in [-0.2, 0) is 0 Å². The van der Waals surface area contributed by atoms with Crippen molar-refractivity contribution in [1.29, 1.82) is 0 Å². The molecule has 0 aliphatic heterocycles. The highest BCUT2D eigenvalue weighted by molar-refractivity contribution is 9.11. The van der Waals surface area contributed by atoms with E-state index in [1.807, 2.05) is 12.1 Å². The van der Waals surface area contributed by atoms with Crippen LogP contribution in [0.15, 0.2) is 42.7 Å². The fourth-order valence-electron chi connectivity index (χ4n) is 1.24. The molecule has 0 saturated carbocycles. The summed E-state index contributed by atoms with van der Waals surface area (Å²) in [6, 6.07) is 3.91. The van der Waals surface area contributed by atoms with Crippen LogP contribution in [0, 0.1) is 0 Å². The van der Waals surface area contributed by atoms with Crippen LogP contribution in [0.1, 0.15) is 0 Å². The number of nitrogens with zero attached hydrogens (tertiary/aromatic N) is 2. The Labute approximate surface area is 126 Å². The number of rotatable bonds is 1. The van der Waals surface area contributed by atoms with Gasteiger partial charge in [0.2, 0.25) is 0 Å². The maximum Gasteiger partial charge on any atom is 0.106 e. The van der Waals surface area contributed by atoms with Gasteiger partial charge in [-0.1, -0.05) is 0 Å². The molecule has 2 heterocycles. The summed E-state index contributed by atoms with van der Waals surface area (Å²) in [5.41, 5.74) is 2.11. The van der Waals surface area contributed by atoms with E-state index in [1.165, 1.54) is 0 Å². The fraction of sp³-hybridized carbons (Fsp3) is 0. The van der Waals surface area contributed by atoms with E-state index >= 15 is 0 Å². The Kier molecular flexibility index (Phi) is 4.15. The molecule has 2 nitrogen and oxygen atoms in total. The van der Waals surface area contributed by atoms with E-state index in [0.717, 1.165) is 29.3 Å². The predicted octanol–water partition coefficient (Wildman–Crippen LogP) is 5.19. The van der Waals surface area contributed by atoms with Gasteiger partial charge < -0.3 is 0 Å². The van der Waals surface area contributed by atoms with Gasteiger partial charge in [0.05, 0.1) is 0 Å². The summed E-state index contributed by atoms with van der Waals surface area (Å²) in [5, 5.41) is 0. The molecule has 0 fully saturated rings. The third-order valence-electron chi connectivity index (χ3n) is 1.93. The smallest absolute Gasteiger partial charge is 0.106 e.